The molecule has 0 aliphatic heterocycles. The Balaban J connectivity index is 1.75. The predicted octanol–water partition coefficient (Wildman–Crippen LogP) is 2.57. The van der Waals surface area contributed by atoms with Gasteiger partial charge in [0.05, 0.1) is 0 Å². The van der Waals surface area contributed by atoms with Gasteiger partial charge in [-0.1, -0.05) is 6.07 Å². The molecule has 1 aromatic carbocycles. The number of hydrogen-bond acceptors (Lipinski definition) is 2. The molecule has 0 amide bonds. The molecule has 1 aliphatic carbocycles. The van der Waals surface area contributed by atoms with Crippen molar-refractivity contribution in [2.75, 3.05) is 6.54 Å². The molecule has 100 valence electrons. The van der Waals surface area contributed by atoms with Gasteiger partial charge in [-0.05, 0) is 44.2 Å². The second kappa shape index (κ2) is 6.25. The molecule has 2 rings (SSSR count). The van der Waals surface area contributed by atoms with Crippen LogP contribution in [-0.2, 0) is 6.54 Å². The Kier molecular flexibility index (Phi) is 4.66. The van der Waals surface area contributed by atoms with E-state index in [1.165, 1.54) is 12.1 Å². The van der Waals surface area contributed by atoms with Crippen LogP contribution in [0.3, 0.4) is 0 Å². The lowest BCUT2D eigenvalue weighted by molar-refractivity contribution is 0.314. The summed E-state index contributed by atoms with van der Waals surface area (Å²) in [6, 6.07) is 4.07. The number of benzene rings is 1. The number of nitrogens with one attached hydrogen (secondary N) is 1. The summed E-state index contributed by atoms with van der Waals surface area (Å²) >= 11 is 0. The van der Waals surface area contributed by atoms with Crippen molar-refractivity contribution in [2.45, 2.75) is 38.3 Å². The molecule has 18 heavy (non-hydrogen) atoms. The lowest BCUT2D eigenvalue weighted by Crippen LogP contribution is -2.31. The maximum absolute atomic E-state index is 13.4. The van der Waals surface area contributed by atoms with Crippen LogP contribution >= 0.6 is 0 Å². The van der Waals surface area contributed by atoms with Crippen molar-refractivity contribution in [3.05, 3.63) is 35.4 Å². The smallest absolute Gasteiger partial charge is 0.130 e. The van der Waals surface area contributed by atoms with E-state index >= 15 is 0 Å². The monoisotopic (exact) mass is 254 g/mol. The minimum absolute atomic E-state index is 0.357. The zero-order valence-electron chi connectivity index (χ0n) is 10.5. The van der Waals surface area contributed by atoms with Gasteiger partial charge in [-0.3, -0.25) is 0 Å². The van der Waals surface area contributed by atoms with Gasteiger partial charge in [0.2, 0.25) is 0 Å². The molecule has 2 nitrogen and oxygen atoms in total. The Morgan fingerprint density at radius 1 is 1.17 bits per heavy atom. The van der Waals surface area contributed by atoms with E-state index in [-0.39, 0.29) is 0 Å². The maximum Gasteiger partial charge on any atom is 0.130 e. The summed E-state index contributed by atoms with van der Waals surface area (Å²) in [4.78, 5) is 0. The highest BCUT2D eigenvalue weighted by Crippen LogP contribution is 2.22. The fraction of sp³-hybridized carbons (Fsp3) is 0.571. The highest BCUT2D eigenvalue weighted by Gasteiger charge is 2.17. The van der Waals surface area contributed by atoms with Crippen LogP contribution in [-0.4, -0.2) is 12.6 Å². The quantitative estimate of drug-likeness (QED) is 0.866. The van der Waals surface area contributed by atoms with Gasteiger partial charge in [0.15, 0.2) is 0 Å². The Bertz CT molecular complexity index is 387. The molecule has 1 aliphatic rings. The van der Waals surface area contributed by atoms with Crippen LogP contribution in [0.4, 0.5) is 8.78 Å². The van der Waals surface area contributed by atoms with Crippen molar-refractivity contribution >= 4 is 0 Å². The summed E-state index contributed by atoms with van der Waals surface area (Å²) in [5, 5.41) is 3.24. The molecule has 4 heteroatoms. The fourth-order valence-electron chi connectivity index (χ4n) is 2.47. The minimum atomic E-state index is -0.530. The zero-order chi connectivity index (χ0) is 13.0. The van der Waals surface area contributed by atoms with Crippen LogP contribution in [0.5, 0.6) is 0 Å². The van der Waals surface area contributed by atoms with Crippen LogP contribution < -0.4 is 11.1 Å². The average molecular weight is 254 g/mol. The molecule has 0 unspecified atom stereocenters. The Morgan fingerprint density at radius 2 is 1.89 bits per heavy atom. The number of rotatable bonds is 4. The van der Waals surface area contributed by atoms with E-state index in [1.807, 2.05) is 0 Å². The zero-order valence-corrected chi connectivity index (χ0v) is 10.5. The van der Waals surface area contributed by atoms with Crippen molar-refractivity contribution in [3.8, 4) is 0 Å². The first-order valence-corrected chi connectivity index (χ1v) is 6.55. The van der Waals surface area contributed by atoms with Crippen LogP contribution in [0, 0.1) is 17.6 Å². The predicted molar refractivity (Wildman–Crippen MR) is 68.0 cm³/mol. The summed E-state index contributed by atoms with van der Waals surface area (Å²) in [7, 11) is 0. The van der Waals surface area contributed by atoms with Crippen molar-refractivity contribution in [3.63, 3.8) is 0 Å². The molecule has 1 aromatic rings. The SMILES string of the molecule is NC1CCC(CNCc2ccc(F)cc2F)CC1. The van der Waals surface area contributed by atoms with Crippen LogP contribution in [0.25, 0.3) is 0 Å². The average Bonchev–Trinajstić information content (AvgIpc) is 2.34. The van der Waals surface area contributed by atoms with Gasteiger partial charge >= 0.3 is 0 Å². The van der Waals surface area contributed by atoms with Crippen LogP contribution in [0.15, 0.2) is 18.2 Å². The van der Waals surface area contributed by atoms with Gasteiger partial charge in [-0.15, -0.1) is 0 Å². The van der Waals surface area contributed by atoms with E-state index in [0.717, 1.165) is 38.3 Å². The largest absolute Gasteiger partial charge is 0.328 e. The fourth-order valence-corrected chi connectivity index (χ4v) is 2.47. The first-order valence-electron chi connectivity index (χ1n) is 6.55. The van der Waals surface area contributed by atoms with Gasteiger partial charge in [0, 0.05) is 24.2 Å². The summed E-state index contributed by atoms with van der Waals surface area (Å²) in [6.07, 6.45) is 4.44. The van der Waals surface area contributed by atoms with Crippen molar-refractivity contribution in [1.29, 1.82) is 0 Å². The summed E-state index contributed by atoms with van der Waals surface area (Å²) in [6.45, 7) is 1.33. The second-order valence-electron chi connectivity index (χ2n) is 5.15. The highest BCUT2D eigenvalue weighted by atomic mass is 19.1. The molecule has 1 saturated carbocycles. The number of hydrogen-bond donors (Lipinski definition) is 2. The maximum atomic E-state index is 13.4. The molecular weight excluding hydrogens is 234 g/mol. The van der Waals surface area contributed by atoms with E-state index in [4.69, 9.17) is 5.73 Å². The van der Waals surface area contributed by atoms with E-state index in [1.54, 1.807) is 0 Å². The van der Waals surface area contributed by atoms with E-state index in [2.05, 4.69) is 5.32 Å². The van der Waals surface area contributed by atoms with E-state index in [9.17, 15) is 8.78 Å². The van der Waals surface area contributed by atoms with Gasteiger partial charge < -0.3 is 11.1 Å². The third-order valence-corrected chi connectivity index (χ3v) is 3.65. The molecule has 0 spiro atoms. The van der Waals surface area contributed by atoms with Gasteiger partial charge in [-0.2, -0.15) is 0 Å². The normalized spacial score (nSPS) is 24.2. The van der Waals surface area contributed by atoms with E-state index in [0.29, 0.717) is 24.1 Å². The first-order chi connectivity index (χ1) is 8.65. The minimum Gasteiger partial charge on any atom is -0.328 e. The molecule has 3 N–H and O–H groups in total. The van der Waals surface area contributed by atoms with Gasteiger partial charge in [0.25, 0.3) is 0 Å². The molecule has 0 radical (unpaired) electrons. The molecule has 0 heterocycles. The Labute approximate surface area is 107 Å². The lowest BCUT2D eigenvalue weighted by Gasteiger charge is -2.26. The van der Waals surface area contributed by atoms with Crippen LogP contribution in [0.1, 0.15) is 31.2 Å². The van der Waals surface area contributed by atoms with Crippen molar-refractivity contribution in [2.24, 2.45) is 11.7 Å². The molecular formula is C14H20F2N2. The standard InChI is InChI=1S/C14H20F2N2/c15-12-4-3-11(14(16)7-12)9-18-8-10-1-5-13(17)6-2-10/h3-4,7,10,13,18H,1-2,5-6,8-9,17H2. The highest BCUT2D eigenvalue weighted by molar-refractivity contribution is 5.18. The summed E-state index contributed by atoms with van der Waals surface area (Å²) < 4.78 is 26.1. The van der Waals surface area contributed by atoms with Crippen molar-refractivity contribution < 1.29 is 8.78 Å². The molecule has 0 bridgehead atoms. The topological polar surface area (TPSA) is 38.0 Å². The van der Waals surface area contributed by atoms with Gasteiger partial charge in [-0.25, -0.2) is 8.78 Å². The Morgan fingerprint density at radius 3 is 2.56 bits per heavy atom. The third-order valence-electron chi connectivity index (χ3n) is 3.65. The molecule has 0 aromatic heterocycles. The van der Waals surface area contributed by atoms with Gasteiger partial charge in [0.1, 0.15) is 11.6 Å². The third kappa shape index (κ3) is 3.75. The molecule has 1 fully saturated rings. The van der Waals surface area contributed by atoms with Crippen molar-refractivity contribution in [1.82, 2.24) is 5.32 Å². The second-order valence-corrected chi connectivity index (χ2v) is 5.15. The first kappa shape index (κ1) is 13.4. The summed E-state index contributed by atoms with van der Waals surface area (Å²) in [5.74, 6) is -0.376. The van der Waals surface area contributed by atoms with E-state index < -0.39 is 11.6 Å². The number of halogens is 2. The Hall–Kier alpha value is -1.00. The number of nitrogens with two attached hydrogens (primary N) is 1. The molecule has 0 saturated heterocycles. The molecule has 0 atom stereocenters. The lowest BCUT2D eigenvalue weighted by atomic mass is 9.86. The van der Waals surface area contributed by atoms with Crippen LogP contribution in [0.2, 0.25) is 0 Å². The summed E-state index contributed by atoms with van der Waals surface area (Å²) in [5.41, 5.74) is 6.36.